The van der Waals surface area contributed by atoms with E-state index in [0.717, 1.165) is 0 Å². The third-order valence-electron chi connectivity index (χ3n) is 4.37. The van der Waals surface area contributed by atoms with Crippen molar-refractivity contribution in [3.63, 3.8) is 0 Å². The topological polar surface area (TPSA) is 70.6 Å². The van der Waals surface area contributed by atoms with E-state index in [1.807, 2.05) is 6.92 Å². The highest BCUT2D eigenvalue weighted by Gasteiger charge is 2.48. The van der Waals surface area contributed by atoms with Gasteiger partial charge in [0.25, 0.3) is 5.91 Å². The number of carbonyl (C=O) groups is 1. The van der Waals surface area contributed by atoms with Crippen molar-refractivity contribution in [3.05, 3.63) is 35.6 Å². The predicted octanol–water partition coefficient (Wildman–Crippen LogP) is 0.669. The van der Waals surface area contributed by atoms with Crippen LogP contribution in [-0.2, 0) is 15.1 Å². The zero-order valence-corrected chi connectivity index (χ0v) is 12.5. The fraction of sp³-hybridized carbons (Fsp3) is 0.562. The molecule has 5 nitrogen and oxygen atoms in total. The van der Waals surface area contributed by atoms with Crippen molar-refractivity contribution >= 4 is 5.91 Å². The van der Waals surface area contributed by atoms with Gasteiger partial charge in [0.2, 0.25) is 0 Å². The zero-order valence-electron chi connectivity index (χ0n) is 12.5. The maximum Gasteiger partial charge on any atom is 0.251 e. The first-order valence-electron chi connectivity index (χ1n) is 7.61. The van der Waals surface area contributed by atoms with E-state index in [2.05, 4.69) is 10.6 Å². The summed E-state index contributed by atoms with van der Waals surface area (Å²) in [6, 6.07) is 6.37. The maximum atomic E-state index is 14.1. The lowest BCUT2D eigenvalue weighted by Crippen LogP contribution is -2.61. The highest BCUT2D eigenvalue weighted by molar-refractivity contribution is 5.82. The van der Waals surface area contributed by atoms with Crippen LogP contribution in [0.2, 0.25) is 0 Å². The number of nitrogens with one attached hydrogen (secondary N) is 2. The van der Waals surface area contributed by atoms with Crippen LogP contribution < -0.4 is 10.6 Å². The Kier molecular flexibility index (Phi) is 4.16. The number of aliphatic hydroxyl groups is 1. The van der Waals surface area contributed by atoms with E-state index >= 15 is 0 Å². The van der Waals surface area contributed by atoms with Gasteiger partial charge in [-0.25, -0.2) is 4.39 Å². The van der Waals surface area contributed by atoms with Crippen molar-refractivity contribution in [3.8, 4) is 0 Å². The van der Waals surface area contributed by atoms with Gasteiger partial charge in [-0.2, -0.15) is 0 Å². The van der Waals surface area contributed by atoms with Gasteiger partial charge < -0.3 is 20.5 Å². The molecule has 1 saturated carbocycles. The summed E-state index contributed by atoms with van der Waals surface area (Å²) in [4.78, 5) is 12.5. The number of morpholine rings is 1. The van der Waals surface area contributed by atoms with E-state index < -0.39 is 17.7 Å². The molecule has 1 aliphatic heterocycles. The van der Waals surface area contributed by atoms with Crippen molar-refractivity contribution in [1.82, 2.24) is 10.6 Å². The summed E-state index contributed by atoms with van der Waals surface area (Å²) in [6.07, 6.45) is -0.527. The molecule has 1 aliphatic carbocycles. The summed E-state index contributed by atoms with van der Waals surface area (Å²) in [6.45, 7) is 3.04. The van der Waals surface area contributed by atoms with Gasteiger partial charge in [0.1, 0.15) is 11.9 Å². The molecule has 3 rings (SSSR count). The van der Waals surface area contributed by atoms with Gasteiger partial charge >= 0.3 is 0 Å². The van der Waals surface area contributed by atoms with Crippen molar-refractivity contribution < 1.29 is 19.0 Å². The van der Waals surface area contributed by atoms with E-state index in [1.165, 1.54) is 6.07 Å². The Hall–Kier alpha value is -1.50. The van der Waals surface area contributed by atoms with Crippen LogP contribution in [0, 0.1) is 5.82 Å². The Bertz CT molecular complexity index is 560. The Morgan fingerprint density at radius 3 is 2.77 bits per heavy atom. The smallest absolute Gasteiger partial charge is 0.251 e. The minimum Gasteiger partial charge on any atom is -0.393 e. The minimum absolute atomic E-state index is 0.0408. The second kappa shape index (κ2) is 5.95. The number of aliphatic hydroxyl groups excluding tert-OH is 1. The van der Waals surface area contributed by atoms with Crippen molar-refractivity contribution in [1.29, 1.82) is 0 Å². The highest BCUT2D eigenvalue weighted by atomic mass is 19.1. The van der Waals surface area contributed by atoms with E-state index in [-0.39, 0.29) is 17.8 Å². The summed E-state index contributed by atoms with van der Waals surface area (Å²) < 4.78 is 19.7. The van der Waals surface area contributed by atoms with Crippen LogP contribution in [0.5, 0.6) is 0 Å². The van der Waals surface area contributed by atoms with Crippen LogP contribution in [0.3, 0.4) is 0 Å². The van der Waals surface area contributed by atoms with E-state index in [9.17, 15) is 14.3 Å². The fourth-order valence-electron chi connectivity index (χ4n) is 3.25. The van der Waals surface area contributed by atoms with Gasteiger partial charge in [-0.3, -0.25) is 4.79 Å². The lowest BCUT2D eigenvalue weighted by Gasteiger charge is -2.47. The third kappa shape index (κ3) is 2.86. The summed E-state index contributed by atoms with van der Waals surface area (Å²) in [7, 11) is 0. The zero-order chi connectivity index (χ0) is 15.7. The molecule has 120 valence electrons. The number of hydrogen-bond acceptors (Lipinski definition) is 4. The number of halogens is 1. The lowest BCUT2D eigenvalue weighted by atomic mass is 9.69. The number of carbonyl (C=O) groups excluding carboxylic acids is 1. The molecule has 2 fully saturated rings. The average molecular weight is 308 g/mol. The molecule has 0 radical (unpaired) electrons. The van der Waals surface area contributed by atoms with E-state index in [4.69, 9.17) is 4.74 Å². The first-order chi connectivity index (χ1) is 10.5. The molecule has 6 heteroatoms. The molecule has 1 saturated heterocycles. The molecule has 0 bridgehead atoms. The first-order valence-corrected chi connectivity index (χ1v) is 7.61. The van der Waals surface area contributed by atoms with Crippen molar-refractivity contribution in [2.75, 3.05) is 13.1 Å². The second-order valence-electron chi connectivity index (χ2n) is 6.21. The first kappa shape index (κ1) is 15.4. The maximum absolute atomic E-state index is 14.1. The molecule has 0 unspecified atom stereocenters. The average Bonchev–Trinajstić information content (AvgIpc) is 2.45. The lowest BCUT2D eigenvalue weighted by molar-refractivity contribution is -0.144. The Morgan fingerprint density at radius 2 is 2.14 bits per heavy atom. The molecule has 2 aliphatic rings. The Labute approximate surface area is 128 Å². The molecule has 3 N–H and O–H groups in total. The molecular formula is C16H21FN2O3. The molecular weight excluding hydrogens is 287 g/mol. The molecule has 1 aromatic rings. The number of benzene rings is 1. The van der Waals surface area contributed by atoms with Crippen LogP contribution in [0.25, 0.3) is 0 Å². The predicted molar refractivity (Wildman–Crippen MR) is 78.7 cm³/mol. The Balaban J connectivity index is 1.78. The Morgan fingerprint density at radius 1 is 1.41 bits per heavy atom. The normalized spacial score (nSPS) is 34.8. The van der Waals surface area contributed by atoms with Crippen LogP contribution in [0.15, 0.2) is 24.3 Å². The van der Waals surface area contributed by atoms with Crippen molar-refractivity contribution in [2.24, 2.45) is 0 Å². The summed E-state index contributed by atoms with van der Waals surface area (Å²) >= 11 is 0. The second-order valence-corrected chi connectivity index (χ2v) is 6.21. The monoisotopic (exact) mass is 308 g/mol. The van der Waals surface area contributed by atoms with Crippen LogP contribution in [-0.4, -0.2) is 42.4 Å². The summed E-state index contributed by atoms with van der Waals surface area (Å²) in [5, 5.41) is 15.7. The number of hydrogen-bond donors (Lipinski definition) is 3. The van der Waals surface area contributed by atoms with Gasteiger partial charge in [0.05, 0.1) is 17.7 Å². The molecule has 22 heavy (non-hydrogen) atoms. The van der Waals surface area contributed by atoms with Crippen LogP contribution in [0.1, 0.15) is 25.3 Å². The summed E-state index contributed by atoms with van der Waals surface area (Å²) in [5.74, 6) is -0.639. The molecule has 1 heterocycles. The SMILES string of the molecule is C[C@@H]1CNC[C@@H](C(=O)NC2(c3ccccc3F)CC(O)C2)O1. The number of rotatable bonds is 3. The van der Waals surface area contributed by atoms with Gasteiger partial charge in [0, 0.05) is 31.5 Å². The van der Waals surface area contributed by atoms with E-state index in [1.54, 1.807) is 18.2 Å². The fourth-order valence-corrected chi connectivity index (χ4v) is 3.25. The molecule has 1 aromatic carbocycles. The number of ether oxygens (including phenoxy) is 1. The largest absolute Gasteiger partial charge is 0.393 e. The standard InChI is InChI=1S/C16H21FN2O3/c1-10-8-18-9-14(22-10)15(21)19-16(6-11(20)7-16)12-4-2-3-5-13(12)17/h2-5,10-11,14,18,20H,6-9H2,1H3,(H,19,21)/t10-,11?,14+,16?/m1/s1. The van der Waals surface area contributed by atoms with Gasteiger partial charge in [-0.1, -0.05) is 18.2 Å². The van der Waals surface area contributed by atoms with Gasteiger partial charge in [-0.05, 0) is 13.0 Å². The van der Waals surface area contributed by atoms with E-state index in [0.29, 0.717) is 31.5 Å². The highest BCUT2D eigenvalue weighted by Crippen LogP contribution is 2.42. The van der Waals surface area contributed by atoms with Gasteiger partial charge in [0.15, 0.2) is 0 Å². The van der Waals surface area contributed by atoms with Crippen LogP contribution >= 0.6 is 0 Å². The quantitative estimate of drug-likeness (QED) is 0.767. The third-order valence-corrected chi connectivity index (χ3v) is 4.37. The molecule has 2 atom stereocenters. The molecule has 0 aromatic heterocycles. The van der Waals surface area contributed by atoms with Crippen LogP contribution in [0.4, 0.5) is 4.39 Å². The molecule has 0 spiro atoms. The number of amides is 1. The summed E-state index contributed by atoms with van der Waals surface area (Å²) in [5.41, 5.74) is -0.420. The van der Waals surface area contributed by atoms with Gasteiger partial charge in [-0.15, -0.1) is 0 Å². The molecule has 1 amide bonds. The van der Waals surface area contributed by atoms with Crippen molar-refractivity contribution in [2.45, 2.75) is 43.6 Å². The minimum atomic E-state index is -0.841.